The third-order valence-corrected chi connectivity index (χ3v) is 6.31. The normalized spacial score (nSPS) is 13.0. The van der Waals surface area contributed by atoms with Crippen molar-refractivity contribution in [3.05, 3.63) is 88.4 Å². The van der Waals surface area contributed by atoms with Gasteiger partial charge >= 0.3 is 5.97 Å². The molecule has 0 radical (unpaired) electrons. The Hall–Kier alpha value is -2.56. The summed E-state index contributed by atoms with van der Waals surface area (Å²) >= 11 is 7.35. The number of carboxylic acid groups (broad SMARTS) is 1. The summed E-state index contributed by atoms with van der Waals surface area (Å²) in [5.74, 6) is -0.586. The van der Waals surface area contributed by atoms with E-state index in [1.807, 2.05) is 35.7 Å². The smallest absolute Gasteiger partial charge is 0.339 e. The first-order valence-corrected chi connectivity index (χ1v) is 10.3. The molecule has 0 amide bonds. The molecule has 1 heterocycles. The van der Waals surface area contributed by atoms with E-state index < -0.39 is 5.97 Å². The molecule has 3 aromatic rings. The molecule has 0 bridgehead atoms. The van der Waals surface area contributed by atoms with Crippen molar-refractivity contribution in [1.29, 1.82) is 0 Å². The predicted molar refractivity (Wildman–Crippen MR) is 119 cm³/mol. The molecule has 144 valence electrons. The van der Waals surface area contributed by atoms with Crippen LogP contribution in [0.1, 0.15) is 35.7 Å². The van der Waals surface area contributed by atoms with Gasteiger partial charge < -0.3 is 10.4 Å². The molecule has 2 atom stereocenters. The Bertz CT molecular complexity index is 980. The number of carboxylic acids is 1. The van der Waals surface area contributed by atoms with Crippen LogP contribution in [-0.4, -0.2) is 11.1 Å². The summed E-state index contributed by atoms with van der Waals surface area (Å²) < 4.78 is 0. The first-order chi connectivity index (χ1) is 13.4. The van der Waals surface area contributed by atoms with Gasteiger partial charge in [-0.2, -0.15) is 0 Å². The lowest BCUT2D eigenvalue weighted by molar-refractivity contribution is 0.0699. The Morgan fingerprint density at radius 3 is 2.36 bits per heavy atom. The Morgan fingerprint density at radius 2 is 1.75 bits per heavy atom. The first-order valence-electron chi connectivity index (χ1n) is 9.00. The second-order valence-corrected chi connectivity index (χ2v) is 8.12. The van der Waals surface area contributed by atoms with Crippen LogP contribution in [0.5, 0.6) is 0 Å². The van der Waals surface area contributed by atoms with Crippen molar-refractivity contribution in [3.63, 3.8) is 0 Å². The lowest BCUT2D eigenvalue weighted by atomic mass is 9.87. The van der Waals surface area contributed by atoms with Crippen LogP contribution in [0.4, 0.5) is 5.69 Å². The van der Waals surface area contributed by atoms with Gasteiger partial charge in [0.1, 0.15) is 5.56 Å². The molecule has 5 heteroatoms. The van der Waals surface area contributed by atoms with E-state index >= 15 is 0 Å². The largest absolute Gasteiger partial charge is 0.478 e. The van der Waals surface area contributed by atoms with Crippen LogP contribution < -0.4 is 5.32 Å². The van der Waals surface area contributed by atoms with Crippen LogP contribution in [0, 0.1) is 5.92 Å². The zero-order chi connectivity index (χ0) is 20.3. The minimum absolute atomic E-state index is 0.128. The molecular weight excluding hydrogens is 390 g/mol. The monoisotopic (exact) mass is 411 g/mol. The number of hydrogen-bond acceptors (Lipinski definition) is 3. The standard InChI is InChI=1S/C23H22ClNO2S/c1-14(15(2)17-7-5-4-6-8-17)16(3)25-20-13-28-22(21(20)23(26)27)18-9-11-19(24)12-10-18/h4-15,25H,3H2,1-2H3,(H,26,27). The molecule has 0 saturated heterocycles. The number of nitrogens with one attached hydrogen (secondary N) is 1. The van der Waals surface area contributed by atoms with Crippen LogP contribution in [0.15, 0.2) is 72.3 Å². The zero-order valence-corrected chi connectivity index (χ0v) is 17.3. The molecule has 3 rings (SSSR count). The number of carbonyl (C=O) groups is 1. The van der Waals surface area contributed by atoms with Gasteiger partial charge in [-0.3, -0.25) is 0 Å². The first kappa shape index (κ1) is 20.2. The van der Waals surface area contributed by atoms with Crippen molar-refractivity contribution < 1.29 is 9.90 Å². The molecule has 0 fully saturated rings. The molecule has 0 saturated carbocycles. The summed E-state index contributed by atoms with van der Waals surface area (Å²) in [6.07, 6.45) is 0. The number of rotatable bonds is 7. The summed E-state index contributed by atoms with van der Waals surface area (Å²) in [4.78, 5) is 12.7. The van der Waals surface area contributed by atoms with Crippen molar-refractivity contribution in [2.24, 2.45) is 5.92 Å². The lowest BCUT2D eigenvalue weighted by Crippen LogP contribution is -2.15. The molecule has 0 spiro atoms. The maximum absolute atomic E-state index is 12.0. The molecule has 3 nitrogen and oxygen atoms in total. The Morgan fingerprint density at radius 1 is 1.11 bits per heavy atom. The number of halogens is 1. The van der Waals surface area contributed by atoms with E-state index in [0.29, 0.717) is 15.6 Å². The molecule has 28 heavy (non-hydrogen) atoms. The number of hydrogen-bond donors (Lipinski definition) is 2. The van der Waals surface area contributed by atoms with Gasteiger partial charge in [0, 0.05) is 22.0 Å². The third kappa shape index (κ3) is 4.29. The fourth-order valence-electron chi connectivity index (χ4n) is 3.11. The van der Waals surface area contributed by atoms with E-state index in [9.17, 15) is 9.90 Å². The van der Waals surface area contributed by atoms with E-state index in [0.717, 1.165) is 11.3 Å². The summed E-state index contributed by atoms with van der Waals surface area (Å²) in [6.45, 7) is 8.42. The maximum atomic E-state index is 12.0. The van der Waals surface area contributed by atoms with Crippen molar-refractivity contribution in [2.75, 3.05) is 5.32 Å². The van der Waals surface area contributed by atoms with Gasteiger partial charge in [-0.05, 0) is 29.2 Å². The number of thiophene rings is 1. The van der Waals surface area contributed by atoms with Gasteiger partial charge in [-0.25, -0.2) is 4.79 Å². The minimum Gasteiger partial charge on any atom is -0.478 e. The Kier molecular flexibility index (Phi) is 6.22. The molecule has 2 aromatic carbocycles. The van der Waals surface area contributed by atoms with E-state index in [2.05, 4.69) is 37.9 Å². The topological polar surface area (TPSA) is 49.3 Å². The van der Waals surface area contributed by atoms with E-state index in [1.54, 1.807) is 12.1 Å². The lowest BCUT2D eigenvalue weighted by Gasteiger charge is -2.23. The second-order valence-electron chi connectivity index (χ2n) is 6.80. The zero-order valence-electron chi connectivity index (χ0n) is 15.8. The van der Waals surface area contributed by atoms with E-state index in [-0.39, 0.29) is 17.4 Å². The van der Waals surface area contributed by atoms with Crippen LogP contribution in [-0.2, 0) is 0 Å². The predicted octanol–water partition coefficient (Wildman–Crippen LogP) is 7.13. The fraction of sp³-hybridized carbons (Fsp3) is 0.174. The van der Waals surface area contributed by atoms with Gasteiger partial charge in [0.05, 0.1) is 10.6 Å². The van der Waals surface area contributed by atoms with Crippen molar-refractivity contribution in [1.82, 2.24) is 0 Å². The van der Waals surface area contributed by atoms with Gasteiger partial charge in [-0.15, -0.1) is 11.3 Å². The molecule has 0 aliphatic rings. The fourth-order valence-corrected chi connectivity index (χ4v) is 4.24. The Labute approximate surface area is 174 Å². The van der Waals surface area contributed by atoms with Crippen LogP contribution in [0.3, 0.4) is 0 Å². The SMILES string of the molecule is C=C(Nc1csc(-c2ccc(Cl)cc2)c1C(=O)O)C(C)C(C)c1ccccc1. The molecule has 0 aliphatic carbocycles. The molecular formula is C23H22ClNO2S. The quantitative estimate of drug-likeness (QED) is 0.434. The van der Waals surface area contributed by atoms with Crippen LogP contribution in [0.25, 0.3) is 10.4 Å². The Balaban J connectivity index is 1.85. The van der Waals surface area contributed by atoms with Crippen molar-refractivity contribution in [2.45, 2.75) is 19.8 Å². The highest BCUT2D eigenvalue weighted by Gasteiger charge is 2.23. The number of anilines is 1. The molecule has 2 N–H and O–H groups in total. The van der Waals surface area contributed by atoms with Crippen LogP contribution >= 0.6 is 22.9 Å². The van der Waals surface area contributed by atoms with Gasteiger partial charge in [0.2, 0.25) is 0 Å². The van der Waals surface area contributed by atoms with E-state index in [4.69, 9.17) is 11.6 Å². The van der Waals surface area contributed by atoms with E-state index in [1.165, 1.54) is 16.9 Å². The average molecular weight is 412 g/mol. The summed E-state index contributed by atoms with van der Waals surface area (Å²) in [5.41, 5.74) is 3.67. The highest BCUT2D eigenvalue weighted by Crippen LogP contribution is 2.38. The maximum Gasteiger partial charge on any atom is 0.339 e. The van der Waals surface area contributed by atoms with Gasteiger partial charge in [0.15, 0.2) is 0 Å². The van der Waals surface area contributed by atoms with Crippen molar-refractivity contribution in [3.8, 4) is 10.4 Å². The highest BCUT2D eigenvalue weighted by atomic mass is 35.5. The number of allylic oxidation sites excluding steroid dienone is 1. The summed E-state index contributed by atoms with van der Waals surface area (Å²) in [5, 5.41) is 15.5. The highest BCUT2D eigenvalue weighted by molar-refractivity contribution is 7.14. The second kappa shape index (κ2) is 8.63. The molecule has 1 aromatic heterocycles. The van der Waals surface area contributed by atoms with Crippen molar-refractivity contribution >= 4 is 34.6 Å². The molecule has 2 unspecified atom stereocenters. The number of aromatic carboxylic acids is 1. The summed E-state index contributed by atoms with van der Waals surface area (Å²) in [6, 6.07) is 17.4. The molecule has 0 aliphatic heterocycles. The number of benzene rings is 2. The van der Waals surface area contributed by atoms with Crippen LogP contribution in [0.2, 0.25) is 5.02 Å². The van der Waals surface area contributed by atoms with Gasteiger partial charge in [-0.1, -0.05) is 74.5 Å². The summed E-state index contributed by atoms with van der Waals surface area (Å²) in [7, 11) is 0. The average Bonchev–Trinajstić information content (AvgIpc) is 3.11. The van der Waals surface area contributed by atoms with Gasteiger partial charge in [0.25, 0.3) is 0 Å². The minimum atomic E-state index is -0.967. The third-order valence-electron chi connectivity index (χ3n) is 5.03.